The van der Waals surface area contributed by atoms with Crippen LogP contribution in [0.5, 0.6) is 5.88 Å². The second-order valence-electron chi connectivity index (χ2n) is 5.63. The van der Waals surface area contributed by atoms with Gasteiger partial charge in [-0.05, 0) is 24.4 Å². The Kier molecular flexibility index (Phi) is 4.60. The number of pyridine rings is 1. The molecule has 0 aromatic carbocycles. The molecule has 0 saturated carbocycles. The molecule has 2 N–H and O–H groups in total. The lowest BCUT2D eigenvalue weighted by molar-refractivity contribution is -0.132. The van der Waals surface area contributed by atoms with Crippen molar-refractivity contribution in [3.05, 3.63) is 23.9 Å². The van der Waals surface area contributed by atoms with Gasteiger partial charge in [0.2, 0.25) is 11.8 Å². The largest absolute Gasteiger partial charge is 0.481 e. The number of hydrogen-bond acceptors (Lipinski definition) is 4. The van der Waals surface area contributed by atoms with E-state index in [-0.39, 0.29) is 11.3 Å². The summed E-state index contributed by atoms with van der Waals surface area (Å²) in [5, 5.41) is 6.34. The van der Waals surface area contributed by atoms with Gasteiger partial charge in [0.15, 0.2) is 0 Å². The van der Waals surface area contributed by atoms with Crippen LogP contribution in [-0.4, -0.2) is 31.1 Å². The van der Waals surface area contributed by atoms with Crippen LogP contribution >= 0.6 is 0 Å². The third kappa shape index (κ3) is 2.93. The van der Waals surface area contributed by atoms with E-state index in [0.717, 1.165) is 25.1 Å². The minimum absolute atomic E-state index is 0.133. The first kappa shape index (κ1) is 14.8. The van der Waals surface area contributed by atoms with Crippen LogP contribution in [0.3, 0.4) is 0 Å². The summed E-state index contributed by atoms with van der Waals surface area (Å²) in [6, 6.07) is 3.72. The minimum atomic E-state index is -0.278. The van der Waals surface area contributed by atoms with Gasteiger partial charge >= 0.3 is 0 Å². The van der Waals surface area contributed by atoms with E-state index in [0.29, 0.717) is 18.3 Å². The molecule has 0 aliphatic carbocycles. The SMILES string of the molecule is COc1ccc(CNC(=O)C2(C(C)C)CCNC2)cn1. The molecule has 2 heterocycles. The van der Waals surface area contributed by atoms with Gasteiger partial charge in [-0.2, -0.15) is 0 Å². The van der Waals surface area contributed by atoms with E-state index < -0.39 is 0 Å². The lowest BCUT2D eigenvalue weighted by Gasteiger charge is -2.31. The molecule has 2 rings (SSSR count). The maximum absolute atomic E-state index is 12.5. The van der Waals surface area contributed by atoms with E-state index in [1.165, 1.54) is 0 Å². The molecular weight excluding hydrogens is 254 g/mol. The van der Waals surface area contributed by atoms with Crippen molar-refractivity contribution in [2.24, 2.45) is 11.3 Å². The van der Waals surface area contributed by atoms with Crippen molar-refractivity contribution in [2.75, 3.05) is 20.2 Å². The fourth-order valence-corrected chi connectivity index (χ4v) is 2.65. The third-order valence-electron chi connectivity index (χ3n) is 4.21. The molecule has 1 amide bonds. The molecule has 1 aromatic rings. The Bertz CT molecular complexity index is 451. The number of ether oxygens (including phenoxy) is 1. The van der Waals surface area contributed by atoms with Crippen LogP contribution in [0.4, 0.5) is 0 Å². The molecule has 1 unspecified atom stereocenters. The third-order valence-corrected chi connectivity index (χ3v) is 4.21. The number of amides is 1. The Hall–Kier alpha value is -1.62. The quantitative estimate of drug-likeness (QED) is 0.852. The zero-order valence-electron chi connectivity index (χ0n) is 12.4. The molecule has 20 heavy (non-hydrogen) atoms. The Morgan fingerprint density at radius 3 is 2.85 bits per heavy atom. The van der Waals surface area contributed by atoms with E-state index in [1.54, 1.807) is 19.4 Å². The number of carbonyl (C=O) groups excluding carboxylic acids is 1. The highest BCUT2D eigenvalue weighted by molar-refractivity contribution is 5.83. The predicted molar refractivity (Wildman–Crippen MR) is 77.4 cm³/mol. The highest BCUT2D eigenvalue weighted by atomic mass is 16.5. The summed E-state index contributed by atoms with van der Waals surface area (Å²) >= 11 is 0. The Labute approximate surface area is 120 Å². The first-order valence-corrected chi connectivity index (χ1v) is 7.06. The molecule has 1 aliphatic heterocycles. The van der Waals surface area contributed by atoms with E-state index in [1.807, 2.05) is 6.07 Å². The highest BCUT2D eigenvalue weighted by Gasteiger charge is 2.43. The molecule has 1 fully saturated rings. The number of nitrogens with zero attached hydrogens (tertiary/aromatic N) is 1. The van der Waals surface area contributed by atoms with Gasteiger partial charge in [0.05, 0.1) is 12.5 Å². The van der Waals surface area contributed by atoms with Crippen molar-refractivity contribution in [2.45, 2.75) is 26.8 Å². The van der Waals surface area contributed by atoms with Gasteiger partial charge in [0.1, 0.15) is 0 Å². The summed E-state index contributed by atoms with van der Waals surface area (Å²) in [5.41, 5.74) is 0.698. The molecule has 1 aliphatic rings. The number of rotatable bonds is 5. The Morgan fingerprint density at radius 2 is 2.35 bits per heavy atom. The molecule has 5 nitrogen and oxygen atoms in total. The van der Waals surface area contributed by atoms with Gasteiger partial charge < -0.3 is 15.4 Å². The molecular formula is C15H23N3O2. The molecule has 1 atom stereocenters. The van der Waals surface area contributed by atoms with E-state index >= 15 is 0 Å². The van der Waals surface area contributed by atoms with Crippen molar-refractivity contribution < 1.29 is 9.53 Å². The average molecular weight is 277 g/mol. The summed E-state index contributed by atoms with van der Waals surface area (Å²) in [6.07, 6.45) is 2.63. The first-order valence-electron chi connectivity index (χ1n) is 7.06. The van der Waals surface area contributed by atoms with Crippen LogP contribution < -0.4 is 15.4 Å². The van der Waals surface area contributed by atoms with Crippen LogP contribution in [0.2, 0.25) is 0 Å². The van der Waals surface area contributed by atoms with Gasteiger partial charge in [-0.15, -0.1) is 0 Å². The predicted octanol–water partition coefficient (Wildman–Crippen LogP) is 1.34. The smallest absolute Gasteiger partial charge is 0.228 e. The maximum Gasteiger partial charge on any atom is 0.228 e. The lowest BCUT2D eigenvalue weighted by atomic mass is 9.75. The summed E-state index contributed by atoms with van der Waals surface area (Å²) in [6.45, 7) is 6.40. The summed E-state index contributed by atoms with van der Waals surface area (Å²) < 4.78 is 5.02. The molecule has 0 bridgehead atoms. The number of nitrogens with one attached hydrogen (secondary N) is 2. The second-order valence-corrected chi connectivity index (χ2v) is 5.63. The minimum Gasteiger partial charge on any atom is -0.481 e. The highest BCUT2D eigenvalue weighted by Crippen LogP contribution is 2.34. The van der Waals surface area contributed by atoms with Crippen molar-refractivity contribution in [3.63, 3.8) is 0 Å². The topological polar surface area (TPSA) is 63.2 Å². The van der Waals surface area contributed by atoms with Crippen LogP contribution in [-0.2, 0) is 11.3 Å². The van der Waals surface area contributed by atoms with Gasteiger partial charge in [-0.25, -0.2) is 4.98 Å². The van der Waals surface area contributed by atoms with Crippen LogP contribution in [0.15, 0.2) is 18.3 Å². The Balaban J connectivity index is 1.96. The van der Waals surface area contributed by atoms with Gasteiger partial charge in [0.25, 0.3) is 0 Å². The lowest BCUT2D eigenvalue weighted by Crippen LogP contribution is -2.45. The number of hydrogen-bond donors (Lipinski definition) is 2. The van der Waals surface area contributed by atoms with Crippen LogP contribution in [0.1, 0.15) is 25.8 Å². The van der Waals surface area contributed by atoms with Crippen LogP contribution in [0, 0.1) is 11.3 Å². The fraction of sp³-hybridized carbons (Fsp3) is 0.600. The average Bonchev–Trinajstić information content (AvgIpc) is 2.96. The second kappa shape index (κ2) is 6.22. The number of methoxy groups -OCH3 is 1. The molecule has 0 spiro atoms. The Morgan fingerprint density at radius 1 is 1.55 bits per heavy atom. The van der Waals surface area contributed by atoms with Crippen molar-refractivity contribution >= 4 is 5.91 Å². The molecule has 0 radical (unpaired) electrons. The van der Waals surface area contributed by atoms with Gasteiger partial charge in [-0.3, -0.25) is 4.79 Å². The standard InChI is InChI=1S/C15H23N3O2/c1-11(2)15(6-7-16-10-15)14(19)18-9-12-4-5-13(20-3)17-8-12/h4-5,8,11,16H,6-7,9-10H2,1-3H3,(H,18,19). The molecule has 1 aromatic heterocycles. The van der Waals surface area contributed by atoms with E-state index in [4.69, 9.17) is 4.74 Å². The summed E-state index contributed by atoms with van der Waals surface area (Å²) in [7, 11) is 1.59. The zero-order chi connectivity index (χ0) is 14.6. The first-order chi connectivity index (χ1) is 9.58. The molecule has 1 saturated heterocycles. The summed E-state index contributed by atoms with van der Waals surface area (Å²) in [4.78, 5) is 16.6. The maximum atomic E-state index is 12.5. The van der Waals surface area contributed by atoms with Crippen molar-refractivity contribution in [3.8, 4) is 5.88 Å². The van der Waals surface area contributed by atoms with E-state index in [2.05, 4.69) is 29.5 Å². The normalized spacial score (nSPS) is 22.0. The number of carbonyl (C=O) groups is 1. The van der Waals surface area contributed by atoms with Crippen LogP contribution in [0.25, 0.3) is 0 Å². The fourth-order valence-electron chi connectivity index (χ4n) is 2.65. The van der Waals surface area contributed by atoms with Crippen molar-refractivity contribution in [1.82, 2.24) is 15.6 Å². The van der Waals surface area contributed by atoms with Gasteiger partial charge in [-0.1, -0.05) is 19.9 Å². The summed E-state index contributed by atoms with van der Waals surface area (Å²) in [5.74, 6) is 1.04. The van der Waals surface area contributed by atoms with Crippen molar-refractivity contribution in [1.29, 1.82) is 0 Å². The molecule has 110 valence electrons. The monoisotopic (exact) mass is 277 g/mol. The molecule has 5 heteroatoms. The number of aromatic nitrogens is 1. The zero-order valence-corrected chi connectivity index (χ0v) is 12.4. The van der Waals surface area contributed by atoms with E-state index in [9.17, 15) is 4.79 Å². The van der Waals surface area contributed by atoms with Gasteiger partial charge in [0, 0.05) is 25.4 Å².